The number of non-ortho nitro benzene ring substituents is 1. The zero-order valence-electron chi connectivity index (χ0n) is 17.3. The van der Waals surface area contributed by atoms with E-state index < -0.39 is 4.92 Å². The van der Waals surface area contributed by atoms with Crippen molar-refractivity contribution in [3.63, 3.8) is 0 Å². The van der Waals surface area contributed by atoms with E-state index in [1.165, 1.54) is 30.0 Å². The Hall–Kier alpha value is -3.31. The lowest BCUT2D eigenvalue weighted by Gasteiger charge is -2.11. The van der Waals surface area contributed by atoms with Crippen LogP contribution in [0.5, 0.6) is 11.5 Å². The SMILES string of the molecule is CCn1c(COc2ccccc2OC)nnc1SCC(=O)Nc1cc([N+](=O)[O-])ccc1Cl. The van der Waals surface area contributed by atoms with E-state index in [0.29, 0.717) is 29.0 Å². The molecular weight excluding hydrogens is 458 g/mol. The molecule has 0 atom stereocenters. The van der Waals surface area contributed by atoms with Crippen LogP contribution < -0.4 is 14.8 Å². The largest absolute Gasteiger partial charge is 0.493 e. The van der Waals surface area contributed by atoms with Gasteiger partial charge in [-0.1, -0.05) is 35.5 Å². The van der Waals surface area contributed by atoms with Crippen LogP contribution in [0, 0.1) is 10.1 Å². The van der Waals surface area contributed by atoms with Crippen LogP contribution in [-0.4, -0.2) is 38.5 Å². The van der Waals surface area contributed by atoms with Crippen molar-refractivity contribution in [2.24, 2.45) is 0 Å². The van der Waals surface area contributed by atoms with E-state index in [4.69, 9.17) is 21.1 Å². The molecule has 1 aromatic heterocycles. The van der Waals surface area contributed by atoms with Gasteiger partial charge >= 0.3 is 0 Å². The van der Waals surface area contributed by atoms with Crippen LogP contribution in [0.2, 0.25) is 5.02 Å². The molecule has 0 radical (unpaired) electrons. The number of halogens is 1. The van der Waals surface area contributed by atoms with Gasteiger partial charge in [-0.05, 0) is 25.1 Å². The van der Waals surface area contributed by atoms with Crippen LogP contribution in [0.1, 0.15) is 12.7 Å². The number of para-hydroxylation sites is 2. The Balaban J connectivity index is 1.62. The fraction of sp³-hybridized carbons (Fsp3) is 0.250. The lowest BCUT2D eigenvalue weighted by Crippen LogP contribution is -2.15. The maximum Gasteiger partial charge on any atom is 0.271 e. The van der Waals surface area contributed by atoms with E-state index in [0.717, 1.165) is 0 Å². The molecule has 0 spiro atoms. The van der Waals surface area contributed by atoms with Crippen LogP contribution in [0.15, 0.2) is 47.6 Å². The molecule has 0 saturated heterocycles. The topological polar surface area (TPSA) is 121 Å². The summed E-state index contributed by atoms with van der Waals surface area (Å²) < 4.78 is 12.9. The normalized spacial score (nSPS) is 10.6. The number of amides is 1. The van der Waals surface area contributed by atoms with Crippen molar-refractivity contribution in [1.82, 2.24) is 14.8 Å². The average Bonchev–Trinajstić information content (AvgIpc) is 3.19. The van der Waals surface area contributed by atoms with E-state index in [-0.39, 0.29) is 34.7 Å². The van der Waals surface area contributed by atoms with E-state index >= 15 is 0 Å². The molecule has 0 bridgehead atoms. The number of nitro groups is 1. The molecule has 0 aliphatic heterocycles. The fourth-order valence-electron chi connectivity index (χ4n) is 2.77. The Labute approximate surface area is 193 Å². The highest BCUT2D eigenvalue weighted by Crippen LogP contribution is 2.28. The first kappa shape index (κ1) is 23.4. The summed E-state index contributed by atoms with van der Waals surface area (Å²) in [5.41, 5.74) is 0.0112. The Morgan fingerprint density at radius 2 is 2.00 bits per heavy atom. The number of aromatic nitrogens is 3. The van der Waals surface area contributed by atoms with Crippen molar-refractivity contribution in [2.45, 2.75) is 25.2 Å². The number of anilines is 1. The van der Waals surface area contributed by atoms with Crippen LogP contribution in [0.3, 0.4) is 0 Å². The number of hydrogen-bond acceptors (Lipinski definition) is 8. The van der Waals surface area contributed by atoms with Crippen molar-refractivity contribution in [3.8, 4) is 11.5 Å². The molecule has 10 nitrogen and oxygen atoms in total. The van der Waals surface area contributed by atoms with Gasteiger partial charge in [-0.3, -0.25) is 14.9 Å². The summed E-state index contributed by atoms with van der Waals surface area (Å²) in [5.74, 6) is 1.44. The van der Waals surface area contributed by atoms with E-state index in [2.05, 4.69) is 15.5 Å². The number of carbonyl (C=O) groups is 1. The van der Waals surface area contributed by atoms with Crippen molar-refractivity contribution < 1.29 is 19.2 Å². The summed E-state index contributed by atoms with van der Waals surface area (Å²) in [6.07, 6.45) is 0. The van der Waals surface area contributed by atoms with Gasteiger partial charge < -0.3 is 19.4 Å². The van der Waals surface area contributed by atoms with Crippen LogP contribution >= 0.6 is 23.4 Å². The van der Waals surface area contributed by atoms with Gasteiger partial charge in [-0.25, -0.2) is 0 Å². The molecule has 32 heavy (non-hydrogen) atoms. The molecule has 3 rings (SSSR count). The number of nitrogens with zero attached hydrogens (tertiary/aromatic N) is 4. The Morgan fingerprint density at radius 3 is 2.69 bits per heavy atom. The second-order valence-electron chi connectivity index (χ2n) is 6.34. The van der Waals surface area contributed by atoms with E-state index in [9.17, 15) is 14.9 Å². The third-order valence-corrected chi connectivity index (χ3v) is 5.60. The average molecular weight is 478 g/mol. The minimum absolute atomic E-state index is 0.0184. The quantitative estimate of drug-likeness (QED) is 0.262. The maximum atomic E-state index is 12.4. The summed E-state index contributed by atoms with van der Waals surface area (Å²) in [5, 5.41) is 22.6. The highest BCUT2D eigenvalue weighted by atomic mass is 35.5. The smallest absolute Gasteiger partial charge is 0.271 e. The summed E-state index contributed by atoms with van der Waals surface area (Å²) in [6.45, 7) is 2.69. The molecule has 0 aliphatic rings. The first-order valence-corrected chi connectivity index (χ1v) is 10.8. The predicted molar refractivity (Wildman–Crippen MR) is 120 cm³/mol. The number of hydrogen-bond donors (Lipinski definition) is 1. The van der Waals surface area contributed by atoms with Gasteiger partial charge in [-0.15, -0.1) is 10.2 Å². The molecule has 12 heteroatoms. The van der Waals surface area contributed by atoms with Crippen molar-refractivity contribution >= 4 is 40.6 Å². The Bertz CT molecular complexity index is 1120. The van der Waals surface area contributed by atoms with Crippen molar-refractivity contribution in [1.29, 1.82) is 0 Å². The van der Waals surface area contributed by atoms with Crippen LogP contribution in [0.25, 0.3) is 0 Å². The van der Waals surface area contributed by atoms with Crippen LogP contribution in [0.4, 0.5) is 11.4 Å². The van der Waals surface area contributed by atoms with Gasteiger partial charge in [-0.2, -0.15) is 0 Å². The molecular formula is C20H20ClN5O5S. The highest BCUT2D eigenvalue weighted by Gasteiger charge is 2.16. The van der Waals surface area contributed by atoms with Gasteiger partial charge in [0.1, 0.15) is 6.61 Å². The minimum atomic E-state index is -0.556. The lowest BCUT2D eigenvalue weighted by molar-refractivity contribution is -0.384. The van der Waals surface area contributed by atoms with Gasteiger partial charge in [0, 0.05) is 18.7 Å². The fourth-order valence-corrected chi connectivity index (χ4v) is 3.76. The van der Waals surface area contributed by atoms with Crippen LogP contribution in [-0.2, 0) is 17.9 Å². The second kappa shape index (κ2) is 10.8. The van der Waals surface area contributed by atoms with E-state index in [1.54, 1.807) is 19.2 Å². The summed E-state index contributed by atoms with van der Waals surface area (Å²) >= 11 is 7.21. The number of rotatable bonds is 10. The Kier molecular flexibility index (Phi) is 7.90. The van der Waals surface area contributed by atoms with Gasteiger partial charge in [0.25, 0.3) is 5.69 Å². The number of thioether (sulfide) groups is 1. The predicted octanol–water partition coefficient (Wildman–Crippen LogP) is 4.18. The number of nitro benzene ring substituents is 1. The van der Waals surface area contributed by atoms with Gasteiger partial charge in [0.05, 0.1) is 28.5 Å². The molecule has 2 aromatic carbocycles. The lowest BCUT2D eigenvalue weighted by atomic mass is 10.3. The first-order chi connectivity index (χ1) is 15.4. The van der Waals surface area contributed by atoms with Gasteiger partial charge in [0.2, 0.25) is 5.91 Å². The van der Waals surface area contributed by atoms with Gasteiger partial charge in [0.15, 0.2) is 22.5 Å². The summed E-state index contributed by atoms with van der Waals surface area (Å²) in [6, 6.07) is 11.1. The van der Waals surface area contributed by atoms with Crippen molar-refractivity contribution in [3.05, 3.63) is 63.4 Å². The third-order valence-electron chi connectivity index (χ3n) is 4.30. The monoisotopic (exact) mass is 477 g/mol. The summed E-state index contributed by atoms with van der Waals surface area (Å²) in [4.78, 5) is 22.7. The molecule has 0 fully saturated rings. The molecule has 3 aromatic rings. The zero-order chi connectivity index (χ0) is 23.1. The molecule has 1 N–H and O–H groups in total. The van der Waals surface area contributed by atoms with Crippen molar-refractivity contribution in [2.75, 3.05) is 18.2 Å². The highest BCUT2D eigenvalue weighted by molar-refractivity contribution is 7.99. The number of ether oxygens (including phenoxy) is 2. The third kappa shape index (κ3) is 5.68. The summed E-state index contributed by atoms with van der Waals surface area (Å²) in [7, 11) is 1.57. The molecule has 0 aliphatic carbocycles. The molecule has 1 heterocycles. The minimum Gasteiger partial charge on any atom is -0.493 e. The number of nitrogens with one attached hydrogen (secondary N) is 1. The van der Waals surface area contributed by atoms with E-state index in [1.807, 2.05) is 23.6 Å². The molecule has 168 valence electrons. The Morgan fingerprint density at radius 1 is 1.25 bits per heavy atom. The molecule has 0 saturated carbocycles. The maximum absolute atomic E-state index is 12.4. The number of carbonyl (C=O) groups excluding carboxylic acids is 1. The standard InChI is InChI=1S/C20H20ClN5O5S/c1-3-25-18(11-31-17-7-5-4-6-16(17)30-2)23-24-20(25)32-12-19(27)22-15-10-13(26(28)29)8-9-14(15)21/h4-10H,3,11-12H2,1-2H3,(H,22,27). The number of benzene rings is 2. The zero-order valence-corrected chi connectivity index (χ0v) is 18.9. The second-order valence-corrected chi connectivity index (χ2v) is 7.69. The molecule has 1 amide bonds. The first-order valence-electron chi connectivity index (χ1n) is 9.47. The molecule has 0 unspecified atom stereocenters. The number of methoxy groups -OCH3 is 1.